The van der Waals surface area contributed by atoms with Crippen LogP contribution in [0.25, 0.3) is 0 Å². The molecule has 142 valence electrons. The maximum atomic E-state index is 6.08. The Morgan fingerprint density at radius 3 is 2.85 bits per heavy atom. The normalized spacial score (nSPS) is 16.5. The molecule has 3 N–H and O–H groups in total. The van der Waals surface area contributed by atoms with Crippen LogP contribution < -0.4 is 25.4 Å². The van der Waals surface area contributed by atoms with Crippen LogP contribution in [0.3, 0.4) is 0 Å². The van der Waals surface area contributed by atoms with Gasteiger partial charge in [-0.2, -0.15) is 0 Å². The van der Waals surface area contributed by atoms with Gasteiger partial charge in [-0.05, 0) is 42.2 Å². The Balaban J connectivity index is 1.42. The Bertz CT molecular complexity index is 850. The van der Waals surface area contributed by atoms with Crippen molar-refractivity contribution in [2.75, 3.05) is 37.0 Å². The van der Waals surface area contributed by atoms with Crippen molar-refractivity contribution >= 4 is 17.3 Å². The molecule has 0 radical (unpaired) electrons. The summed E-state index contributed by atoms with van der Waals surface area (Å²) in [5.74, 6) is 1.90. The Kier molecular flexibility index (Phi) is 5.05. The maximum Gasteiger partial charge on any atom is 0.193 e. The van der Waals surface area contributed by atoms with Gasteiger partial charge in [-0.3, -0.25) is 0 Å². The van der Waals surface area contributed by atoms with Crippen LogP contribution in [-0.2, 0) is 13.0 Å². The van der Waals surface area contributed by atoms with E-state index in [0.717, 1.165) is 36.6 Å². The van der Waals surface area contributed by atoms with Crippen molar-refractivity contribution < 1.29 is 9.47 Å². The van der Waals surface area contributed by atoms with Crippen LogP contribution in [0.1, 0.15) is 24.0 Å². The third-order valence-corrected chi connectivity index (χ3v) is 4.95. The predicted octanol–water partition coefficient (Wildman–Crippen LogP) is 3.16. The number of guanidine groups is 1. The molecule has 0 aliphatic carbocycles. The second-order valence-electron chi connectivity index (χ2n) is 7.03. The molecular weight excluding hydrogens is 340 g/mol. The summed E-state index contributed by atoms with van der Waals surface area (Å²) in [6, 6.07) is 12.3. The highest BCUT2D eigenvalue weighted by Gasteiger charge is 2.14. The van der Waals surface area contributed by atoms with Gasteiger partial charge in [-0.25, -0.2) is 4.99 Å². The molecule has 4 rings (SSSR count). The molecule has 0 amide bonds. The summed E-state index contributed by atoms with van der Waals surface area (Å²) in [5.41, 5.74) is 10.8. The average molecular weight is 366 g/mol. The lowest BCUT2D eigenvalue weighted by atomic mass is 10.00. The summed E-state index contributed by atoms with van der Waals surface area (Å²) < 4.78 is 11.4. The smallest absolute Gasteiger partial charge is 0.193 e. The fourth-order valence-electron chi connectivity index (χ4n) is 3.54. The Hall–Kier alpha value is -2.89. The molecule has 27 heavy (non-hydrogen) atoms. The lowest BCUT2D eigenvalue weighted by Crippen LogP contribution is -2.24. The molecule has 0 spiro atoms. The summed E-state index contributed by atoms with van der Waals surface area (Å²) >= 11 is 0. The van der Waals surface area contributed by atoms with E-state index >= 15 is 0 Å². The highest BCUT2D eigenvalue weighted by Crippen LogP contribution is 2.32. The van der Waals surface area contributed by atoms with Crippen LogP contribution >= 0.6 is 0 Å². The van der Waals surface area contributed by atoms with Gasteiger partial charge in [0.25, 0.3) is 0 Å². The monoisotopic (exact) mass is 366 g/mol. The number of hydrogen-bond acceptors (Lipinski definition) is 4. The number of aliphatic imine (C=N–C) groups is 1. The first kappa shape index (κ1) is 17.5. The van der Waals surface area contributed by atoms with Gasteiger partial charge in [0.15, 0.2) is 17.5 Å². The maximum absolute atomic E-state index is 6.08. The molecule has 2 aliphatic heterocycles. The summed E-state index contributed by atoms with van der Waals surface area (Å²) in [7, 11) is 2.15. The molecule has 0 unspecified atom stereocenters. The van der Waals surface area contributed by atoms with Crippen molar-refractivity contribution in [3.63, 3.8) is 0 Å². The van der Waals surface area contributed by atoms with E-state index in [-0.39, 0.29) is 0 Å². The number of nitrogens with zero attached hydrogens (tertiary/aromatic N) is 2. The minimum atomic E-state index is 0.388. The number of hydrogen-bond donors (Lipinski definition) is 2. The molecule has 0 aromatic heterocycles. The number of nitrogens with two attached hydrogens (primary N) is 1. The second kappa shape index (κ2) is 7.78. The highest BCUT2D eigenvalue weighted by molar-refractivity contribution is 5.92. The number of anilines is 2. The Morgan fingerprint density at radius 1 is 1.11 bits per heavy atom. The van der Waals surface area contributed by atoms with Crippen molar-refractivity contribution in [1.82, 2.24) is 0 Å². The molecule has 0 fully saturated rings. The number of aryl methyl sites for hydroxylation is 1. The van der Waals surface area contributed by atoms with Crippen molar-refractivity contribution in [1.29, 1.82) is 0 Å². The standard InChI is InChI=1S/C21H26N4O2/c1-25-9-2-4-16-12-15(5-7-18(16)25)14-23-21(22)24-17-6-8-19-20(13-17)27-11-3-10-26-19/h5-8,12-13H,2-4,9-11,14H2,1H3,(H3,22,23,24). The third-order valence-electron chi connectivity index (χ3n) is 4.95. The van der Waals surface area contributed by atoms with Crippen molar-refractivity contribution in [2.45, 2.75) is 25.8 Å². The van der Waals surface area contributed by atoms with Crippen LogP contribution in [0.5, 0.6) is 11.5 Å². The molecule has 2 heterocycles. The first-order chi connectivity index (χ1) is 13.2. The van der Waals surface area contributed by atoms with E-state index in [1.165, 1.54) is 23.2 Å². The highest BCUT2D eigenvalue weighted by atomic mass is 16.5. The number of rotatable bonds is 3. The molecule has 2 aromatic carbocycles. The predicted molar refractivity (Wildman–Crippen MR) is 109 cm³/mol. The van der Waals surface area contributed by atoms with Crippen LogP contribution in [-0.4, -0.2) is 32.8 Å². The zero-order chi connectivity index (χ0) is 18.6. The molecule has 0 saturated carbocycles. The molecule has 6 heteroatoms. The largest absolute Gasteiger partial charge is 0.490 e. The van der Waals surface area contributed by atoms with Crippen LogP contribution in [0.15, 0.2) is 41.4 Å². The van der Waals surface area contributed by atoms with Crippen LogP contribution in [0, 0.1) is 0 Å². The fraction of sp³-hybridized carbons (Fsp3) is 0.381. The van der Waals surface area contributed by atoms with Gasteiger partial charge < -0.3 is 25.4 Å². The van der Waals surface area contributed by atoms with E-state index in [2.05, 4.69) is 40.5 Å². The van der Waals surface area contributed by atoms with E-state index < -0.39 is 0 Å². The van der Waals surface area contributed by atoms with E-state index in [1.54, 1.807) is 0 Å². The Labute approximate surface area is 160 Å². The molecule has 0 bridgehead atoms. The number of ether oxygens (including phenoxy) is 2. The summed E-state index contributed by atoms with van der Waals surface area (Å²) in [6.45, 7) is 3.02. The molecule has 2 aliphatic rings. The zero-order valence-electron chi connectivity index (χ0n) is 15.7. The quantitative estimate of drug-likeness (QED) is 0.645. The van der Waals surface area contributed by atoms with Gasteiger partial charge in [-0.15, -0.1) is 0 Å². The first-order valence-electron chi connectivity index (χ1n) is 9.48. The SMILES string of the molecule is CN1CCCc2cc(CN=C(N)Nc3ccc4c(c3)OCCCO4)ccc21. The van der Waals surface area contributed by atoms with Gasteiger partial charge >= 0.3 is 0 Å². The molecule has 0 atom stereocenters. The molecule has 0 saturated heterocycles. The van der Waals surface area contributed by atoms with Gasteiger partial charge in [0.2, 0.25) is 0 Å². The Morgan fingerprint density at radius 2 is 1.96 bits per heavy atom. The van der Waals surface area contributed by atoms with Gasteiger partial charge in [0.1, 0.15) is 0 Å². The van der Waals surface area contributed by atoms with Crippen molar-refractivity contribution in [3.05, 3.63) is 47.5 Å². The summed E-state index contributed by atoms with van der Waals surface area (Å²) in [6.07, 6.45) is 3.21. The van der Waals surface area contributed by atoms with Gasteiger partial charge in [0.05, 0.1) is 19.8 Å². The second-order valence-corrected chi connectivity index (χ2v) is 7.03. The topological polar surface area (TPSA) is 72.1 Å². The van der Waals surface area contributed by atoms with E-state index in [4.69, 9.17) is 15.2 Å². The summed E-state index contributed by atoms with van der Waals surface area (Å²) in [5, 5.41) is 3.14. The number of benzene rings is 2. The molecular formula is C21H26N4O2. The minimum Gasteiger partial charge on any atom is -0.490 e. The number of nitrogens with one attached hydrogen (secondary N) is 1. The van der Waals surface area contributed by atoms with Crippen LogP contribution in [0.2, 0.25) is 0 Å². The summed E-state index contributed by atoms with van der Waals surface area (Å²) in [4.78, 5) is 6.80. The molecule has 2 aromatic rings. The molecule has 6 nitrogen and oxygen atoms in total. The van der Waals surface area contributed by atoms with E-state index in [0.29, 0.717) is 25.7 Å². The van der Waals surface area contributed by atoms with Crippen molar-refractivity contribution in [3.8, 4) is 11.5 Å². The number of fused-ring (bicyclic) bond motifs is 2. The lowest BCUT2D eigenvalue weighted by Gasteiger charge is -2.27. The average Bonchev–Trinajstić information content (AvgIpc) is 2.91. The van der Waals surface area contributed by atoms with E-state index in [1.807, 2.05) is 18.2 Å². The van der Waals surface area contributed by atoms with E-state index in [9.17, 15) is 0 Å². The minimum absolute atomic E-state index is 0.388. The van der Waals surface area contributed by atoms with Crippen LogP contribution in [0.4, 0.5) is 11.4 Å². The zero-order valence-corrected chi connectivity index (χ0v) is 15.7. The van der Waals surface area contributed by atoms with Gasteiger partial charge in [0, 0.05) is 37.5 Å². The van der Waals surface area contributed by atoms with Crippen molar-refractivity contribution in [2.24, 2.45) is 10.7 Å². The fourth-order valence-corrected chi connectivity index (χ4v) is 3.54. The lowest BCUT2D eigenvalue weighted by molar-refractivity contribution is 0.297. The third kappa shape index (κ3) is 4.10. The van der Waals surface area contributed by atoms with Gasteiger partial charge in [-0.1, -0.05) is 12.1 Å². The first-order valence-corrected chi connectivity index (χ1v) is 9.48.